The van der Waals surface area contributed by atoms with Crippen LogP contribution in [0.4, 0.5) is 0 Å². The largest absolute Gasteiger partial charge is 0.245 e. The molecule has 0 radical (unpaired) electrons. The number of nitrogens with zero attached hydrogens (tertiary/aromatic N) is 1. The highest BCUT2D eigenvalue weighted by Crippen LogP contribution is 2.36. The van der Waals surface area contributed by atoms with Crippen LogP contribution in [-0.2, 0) is 29.0 Å². The van der Waals surface area contributed by atoms with Crippen LogP contribution in [0.1, 0.15) is 16.0 Å². The molecule has 0 fully saturated rings. The zero-order chi connectivity index (χ0) is 14.3. The molecule has 2 heterocycles. The lowest BCUT2D eigenvalue weighted by molar-refractivity contribution is 0.431. The van der Waals surface area contributed by atoms with E-state index in [1.165, 1.54) is 15.6 Å². The van der Waals surface area contributed by atoms with Crippen LogP contribution in [0.2, 0.25) is 0 Å². The lowest BCUT2D eigenvalue weighted by atomic mass is 10.1. The number of sulfonamides is 1. The Bertz CT molecular complexity index is 732. The van der Waals surface area contributed by atoms with Crippen LogP contribution in [-0.4, -0.2) is 12.7 Å². The first-order chi connectivity index (χ1) is 9.52. The van der Waals surface area contributed by atoms with Crippen LogP contribution in [0.25, 0.3) is 0 Å². The normalized spacial score (nSPS) is 15.5. The first-order valence-corrected chi connectivity index (χ1v) is 9.52. The zero-order valence-corrected chi connectivity index (χ0v) is 14.3. The molecule has 20 heavy (non-hydrogen) atoms. The van der Waals surface area contributed by atoms with Crippen molar-refractivity contribution in [2.45, 2.75) is 23.9 Å². The first kappa shape index (κ1) is 14.5. The van der Waals surface area contributed by atoms with Gasteiger partial charge in [-0.3, -0.25) is 0 Å². The molecular formula is C13H11BrClNO2S2. The summed E-state index contributed by atoms with van der Waals surface area (Å²) in [5.74, 6) is 0.318. The highest BCUT2D eigenvalue weighted by atomic mass is 79.9. The van der Waals surface area contributed by atoms with E-state index in [2.05, 4.69) is 15.9 Å². The van der Waals surface area contributed by atoms with Crippen molar-refractivity contribution in [1.82, 2.24) is 4.31 Å². The fraction of sp³-hybridized carbons (Fsp3) is 0.231. The van der Waals surface area contributed by atoms with Gasteiger partial charge in [-0.25, -0.2) is 8.42 Å². The van der Waals surface area contributed by atoms with Crippen molar-refractivity contribution in [3.05, 3.63) is 50.1 Å². The second-order valence-electron chi connectivity index (χ2n) is 4.53. The minimum atomic E-state index is -3.49. The van der Waals surface area contributed by atoms with Gasteiger partial charge in [0, 0.05) is 18.0 Å². The van der Waals surface area contributed by atoms with Gasteiger partial charge in [-0.05, 0) is 33.1 Å². The average Bonchev–Trinajstić information content (AvgIpc) is 3.02. The molecule has 1 aromatic carbocycles. The topological polar surface area (TPSA) is 37.4 Å². The standard InChI is InChI=1S/C13H11BrClNO2S2/c14-13-12(5-11(6-15)19-13)20(17,18)16-7-9-3-1-2-4-10(9)8-16/h1-5H,6-8H2. The van der Waals surface area contributed by atoms with Gasteiger partial charge in [-0.2, -0.15) is 4.31 Å². The number of fused-ring (bicyclic) bond motifs is 1. The minimum Gasteiger partial charge on any atom is -0.207 e. The molecule has 2 aromatic rings. The van der Waals surface area contributed by atoms with Crippen LogP contribution in [0.15, 0.2) is 39.0 Å². The van der Waals surface area contributed by atoms with E-state index in [4.69, 9.17) is 11.6 Å². The van der Waals surface area contributed by atoms with Crippen molar-refractivity contribution in [2.24, 2.45) is 0 Å². The van der Waals surface area contributed by atoms with Gasteiger partial charge in [0.1, 0.15) is 4.90 Å². The highest BCUT2D eigenvalue weighted by Gasteiger charge is 2.32. The molecule has 0 atom stereocenters. The average molecular weight is 393 g/mol. The number of alkyl halides is 1. The summed E-state index contributed by atoms with van der Waals surface area (Å²) in [6.45, 7) is 0.855. The number of hydrogen-bond acceptors (Lipinski definition) is 3. The third-order valence-electron chi connectivity index (χ3n) is 3.27. The Kier molecular flexibility index (Phi) is 3.94. The summed E-state index contributed by atoms with van der Waals surface area (Å²) in [5.41, 5.74) is 2.14. The Hall–Kier alpha value is -0.400. The van der Waals surface area contributed by atoms with Gasteiger partial charge in [0.15, 0.2) is 0 Å². The third kappa shape index (κ3) is 2.44. The van der Waals surface area contributed by atoms with E-state index < -0.39 is 10.0 Å². The maximum absolute atomic E-state index is 12.7. The van der Waals surface area contributed by atoms with Crippen LogP contribution >= 0.6 is 38.9 Å². The predicted molar refractivity (Wildman–Crippen MR) is 84.5 cm³/mol. The van der Waals surface area contributed by atoms with Gasteiger partial charge in [0.05, 0.1) is 9.67 Å². The molecule has 0 saturated heterocycles. The number of rotatable bonds is 3. The van der Waals surface area contributed by atoms with E-state index in [0.717, 1.165) is 16.0 Å². The maximum atomic E-state index is 12.7. The lowest BCUT2D eigenvalue weighted by Crippen LogP contribution is -2.25. The number of halogens is 2. The van der Waals surface area contributed by atoms with Crippen molar-refractivity contribution >= 4 is 48.9 Å². The quantitative estimate of drug-likeness (QED) is 0.742. The Labute approximate surface area is 135 Å². The van der Waals surface area contributed by atoms with Crippen molar-refractivity contribution in [3.63, 3.8) is 0 Å². The summed E-state index contributed by atoms with van der Waals surface area (Å²) in [5, 5.41) is 0. The molecule has 0 unspecified atom stereocenters. The van der Waals surface area contributed by atoms with Crippen LogP contribution in [0, 0.1) is 0 Å². The molecule has 1 aromatic heterocycles. The van der Waals surface area contributed by atoms with Gasteiger partial charge in [0.25, 0.3) is 0 Å². The molecule has 7 heteroatoms. The second-order valence-corrected chi connectivity index (χ2v) is 9.15. The van der Waals surface area contributed by atoms with Gasteiger partial charge < -0.3 is 0 Å². The summed E-state index contributed by atoms with van der Waals surface area (Å²) in [6.07, 6.45) is 0. The van der Waals surface area contributed by atoms with Crippen LogP contribution in [0.3, 0.4) is 0 Å². The highest BCUT2D eigenvalue weighted by molar-refractivity contribution is 9.11. The molecule has 0 bridgehead atoms. The number of thiophene rings is 1. The van der Waals surface area contributed by atoms with E-state index >= 15 is 0 Å². The van der Waals surface area contributed by atoms with E-state index in [-0.39, 0.29) is 0 Å². The van der Waals surface area contributed by atoms with Crippen molar-refractivity contribution in [2.75, 3.05) is 0 Å². The second kappa shape index (κ2) is 5.42. The van der Waals surface area contributed by atoms with Crippen LogP contribution < -0.4 is 0 Å². The van der Waals surface area contributed by atoms with Gasteiger partial charge >= 0.3 is 0 Å². The van der Waals surface area contributed by atoms with Gasteiger partial charge in [-0.15, -0.1) is 22.9 Å². The van der Waals surface area contributed by atoms with E-state index in [1.807, 2.05) is 24.3 Å². The van der Waals surface area contributed by atoms with E-state index in [0.29, 0.717) is 27.7 Å². The summed E-state index contributed by atoms with van der Waals surface area (Å²) in [6, 6.07) is 9.46. The van der Waals surface area contributed by atoms with E-state index in [9.17, 15) is 8.42 Å². The van der Waals surface area contributed by atoms with Crippen molar-refractivity contribution < 1.29 is 8.42 Å². The molecule has 1 aliphatic rings. The Balaban J connectivity index is 1.96. The van der Waals surface area contributed by atoms with Gasteiger partial charge in [-0.1, -0.05) is 24.3 Å². The molecular weight excluding hydrogens is 382 g/mol. The van der Waals surface area contributed by atoms with Crippen molar-refractivity contribution in [1.29, 1.82) is 0 Å². The smallest absolute Gasteiger partial charge is 0.207 e. The molecule has 106 valence electrons. The summed E-state index contributed by atoms with van der Waals surface area (Å²) < 4.78 is 27.5. The number of hydrogen-bond donors (Lipinski definition) is 0. The summed E-state index contributed by atoms with van der Waals surface area (Å²) in [7, 11) is -3.49. The molecule has 0 N–H and O–H groups in total. The Morgan fingerprint density at radius 3 is 2.35 bits per heavy atom. The van der Waals surface area contributed by atoms with Crippen molar-refractivity contribution in [3.8, 4) is 0 Å². The Morgan fingerprint density at radius 2 is 1.85 bits per heavy atom. The summed E-state index contributed by atoms with van der Waals surface area (Å²) >= 11 is 10.5. The fourth-order valence-electron chi connectivity index (χ4n) is 2.25. The molecule has 1 aliphatic heterocycles. The molecule has 3 rings (SSSR count). The monoisotopic (exact) mass is 391 g/mol. The molecule has 0 spiro atoms. The molecule has 3 nitrogen and oxygen atoms in total. The SMILES string of the molecule is O=S(=O)(c1cc(CCl)sc1Br)N1Cc2ccccc2C1. The molecule has 0 saturated carbocycles. The first-order valence-electron chi connectivity index (χ1n) is 5.93. The van der Waals surface area contributed by atoms with E-state index in [1.54, 1.807) is 6.07 Å². The summed E-state index contributed by atoms with van der Waals surface area (Å²) in [4.78, 5) is 1.15. The fourth-order valence-corrected chi connectivity index (χ4v) is 6.37. The minimum absolute atomic E-state index is 0.311. The number of benzene rings is 1. The third-order valence-corrected chi connectivity index (χ3v) is 7.76. The van der Waals surface area contributed by atoms with Crippen LogP contribution in [0.5, 0.6) is 0 Å². The van der Waals surface area contributed by atoms with Gasteiger partial charge in [0.2, 0.25) is 10.0 Å². The Morgan fingerprint density at radius 1 is 1.25 bits per heavy atom. The molecule has 0 aliphatic carbocycles. The zero-order valence-electron chi connectivity index (χ0n) is 10.3. The maximum Gasteiger partial charge on any atom is 0.245 e. The molecule has 0 amide bonds. The lowest BCUT2D eigenvalue weighted by Gasteiger charge is -2.14. The predicted octanol–water partition coefficient (Wildman–Crippen LogP) is 3.95.